The van der Waals surface area contributed by atoms with Crippen LogP contribution in [-0.2, 0) is 34.0 Å². The molecule has 0 aromatic heterocycles. The van der Waals surface area contributed by atoms with Crippen molar-refractivity contribution in [2.24, 2.45) is 46.3 Å². The van der Waals surface area contributed by atoms with Crippen LogP contribution in [0.1, 0.15) is 96.5 Å². The first-order chi connectivity index (χ1) is 27.7. The van der Waals surface area contributed by atoms with Gasteiger partial charge in [0.25, 0.3) is 0 Å². The third-order valence-corrected chi connectivity index (χ3v) is 19.9. The number of fused-ring (bicyclic) bond motifs is 7. The number of quaternary nitrogens is 1. The molecule has 12 nitrogen and oxygen atoms in total. The zero-order chi connectivity index (χ0) is 40.5. The highest BCUT2D eigenvalue weighted by molar-refractivity contribution is 5.85. The molecule has 6 aliphatic heterocycles. The molecular weight excluding hydrogens is 741 g/mol. The van der Waals surface area contributed by atoms with Gasteiger partial charge in [0, 0.05) is 55.3 Å². The summed E-state index contributed by atoms with van der Waals surface area (Å²) in [7, 11) is 3.48. The van der Waals surface area contributed by atoms with Crippen LogP contribution in [0.4, 0.5) is 5.69 Å². The van der Waals surface area contributed by atoms with Crippen LogP contribution < -0.4 is 4.90 Å². The number of aliphatic hydroxyl groups is 4. The second-order valence-corrected chi connectivity index (χ2v) is 20.9. The maximum Gasteiger partial charge on any atom is 0.362 e. The summed E-state index contributed by atoms with van der Waals surface area (Å²) in [6, 6.07) is 8.21. The van der Waals surface area contributed by atoms with E-state index in [4.69, 9.17) is 14.2 Å². The number of benzene rings is 1. The molecule has 1 spiro atoms. The SMILES string of the molecule is CC[C@H]1[C@@H]2C[C@H]3[C@@H]4N(C)c5ccccc5[C@@]45C[C@@H]([C@@H]2[C@@H]5O)[N@+]3(CC(=O)O[C@H]2CC[C@]3(C(=O)OC)[C@H]4CC[C@]5(C)[C@@H](C6=CC(=O)OC6)CC[C@]5(O)[C@@H]4CC[C@]3(O)C2)[C@@H]1O. The van der Waals surface area contributed by atoms with Crippen LogP contribution in [0.2, 0.25) is 0 Å². The van der Waals surface area contributed by atoms with Crippen molar-refractivity contribution in [3.63, 3.8) is 0 Å². The summed E-state index contributed by atoms with van der Waals surface area (Å²) in [5.74, 6) is -1.64. The Kier molecular flexibility index (Phi) is 7.90. The Labute approximate surface area is 340 Å². The number of hydrogen-bond acceptors (Lipinski definition) is 11. The van der Waals surface area contributed by atoms with E-state index >= 15 is 0 Å². The third-order valence-electron chi connectivity index (χ3n) is 19.9. The number of likely N-dealkylation sites (N-methyl/N-ethyl adjacent to an activating group) is 1. The molecule has 0 unspecified atom stereocenters. The number of nitrogens with zero attached hydrogens (tertiary/aromatic N) is 2. The van der Waals surface area contributed by atoms with Crippen LogP contribution in [0, 0.1) is 46.3 Å². The molecule has 4 saturated heterocycles. The molecule has 18 atom stereocenters. The Morgan fingerprint density at radius 3 is 2.52 bits per heavy atom. The van der Waals surface area contributed by atoms with Crippen molar-refractivity contribution in [3.8, 4) is 0 Å². The summed E-state index contributed by atoms with van der Waals surface area (Å²) >= 11 is 0. The Morgan fingerprint density at radius 2 is 1.78 bits per heavy atom. The normalized spacial score (nSPS) is 52.6. The van der Waals surface area contributed by atoms with E-state index in [0.717, 1.165) is 30.5 Å². The molecule has 11 aliphatic rings. The molecule has 5 bridgehead atoms. The number of methoxy groups -OCH3 is 1. The first kappa shape index (κ1) is 37.9. The number of carbonyl (C=O) groups excluding carboxylic acids is 3. The minimum absolute atomic E-state index is 0.00132. The molecule has 12 heteroatoms. The van der Waals surface area contributed by atoms with Crippen LogP contribution in [0.5, 0.6) is 0 Å². The third kappa shape index (κ3) is 4.14. The van der Waals surface area contributed by atoms with Gasteiger partial charge in [-0.15, -0.1) is 0 Å². The zero-order valence-electron chi connectivity index (χ0n) is 34.3. The van der Waals surface area contributed by atoms with Crippen molar-refractivity contribution in [2.45, 2.75) is 144 Å². The van der Waals surface area contributed by atoms with Crippen molar-refractivity contribution >= 4 is 23.6 Å². The van der Waals surface area contributed by atoms with Crippen LogP contribution in [-0.4, -0.2) is 118 Å². The Hall–Kier alpha value is -3.03. The lowest BCUT2D eigenvalue weighted by atomic mass is 9.41. The topological polar surface area (TPSA) is 163 Å². The minimum atomic E-state index is -1.50. The maximum absolute atomic E-state index is 14.6. The van der Waals surface area contributed by atoms with Crippen molar-refractivity contribution in [1.29, 1.82) is 0 Å². The van der Waals surface area contributed by atoms with E-state index in [9.17, 15) is 34.8 Å². The lowest BCUT2D eigenvalue weighted by Gasteiger charge is -2.67. The molecule has 0 amide bonds. The van der Waals surface area contributed by atoms with Crippen LogP contribution in [0.3, 0.4) is 0 Å². The molecule has 314 valence electrons. The first-order valence-electron chi connectivity index (χ1n) is 22.3. The summed E-state index contributed by atoms with van der Waals surface area (Å²) in [5.41, 5.74) is -1.55. The van der Waals surface area contributed by atoms with Gasteiger partial charge in [-0.3, -0.25) is 9.28 Å². The number of esters is 3. The predicted octanol–water partition coefficient (Wildman–Crippen LogP) is 3.51. The van der Waals surface area contributed by atoms with Crippen molar-refractivity contribution in [3.05, 3.63) is 41.5 Å². The van der Waals surface area contributed by atoms with Crippen LogP contribution in [0.25, 0.3) is 0 Å². The fraction of sp³-hybridized carbons (Fsp3) is 0.761. The Morgan fingerprint density at radius 1 is 1.00 bits per heavy atom. The molecule has 4 N–H and O–H groups in total. The number of anilines is 1. The average molecular weight is 802 g/mol. The van der Waals surface area contributed by atoms with E-state index in [1.54, 1.807) is 6.08 Å². The van der Waals surface area contributed by atoms with E-state index in [0.29, 0.717) is 38.5 Å². The largest absolute Gasteiger partial charge is 0.468 e. The van der Waals surface area contributed by atoms with Crippen molar-refractivity contribution in [1.82, 2.24) is 0 Å². The number of piperidine rings is 4. The second kappa shape index (κ2) is 12.1. The van der Waals surface area contributed by atoms with E-state index in [1.165, 1.54) is 12.7 Å². The van der Waals surface area contributed by atoms with Crippen LogP contribution >= 0.6 is 0 Å². The number of aliphatic hydroxyl groups excluding tert-OH is 2. The quantitative estimate of drug-likeness (QED) is 0.189. The zero-order valence-corrected chi connectivity index (χ0v) is 34.3. The Bertz CT molecular complexity index is 2010. The fourth-order valence-electron chi connectivity index (χ4n) is 17.9. The molecule has 9 fully saturated rings. The number of ether oxygens (including phenoxy) is 3. The number of cyclic esters (lactones) is 1. The van der Waals surface area contributed by atoms with Gasteiger partial charge in [-0.1, -0.05) is 32.0 Å². The van der Waals surface area contributed by atoms with Crippen molar-refractivity contribution < 1.29 is 53.5 Å². The highest BCUT2D eigenvalue weighted by Gasteiger charge is 2.83. The van der Waals surface area contributed by atoms with E-state index in [2.05, 4.69) is 44.0 Å². The number of hydrogen-bond donors (Lipinski definition) is 4. The first-order valence-corrected chi connectivity index (χ1v) is 22.3. The number of rotatable bonds is 6. The van der Waals surface area contributed by atoms with Gasteiger partial charge in [-0.05, 0) is 98.7 Å². The summed E-state index contributed by atoms with van der Waals surface area (Å²) in [4.78, 5) is 43.2. The van der Waals surface area contributed by atoms with Gasteiger partial charge in [0.1, 0.15) is 18.8 Å². The molecular formula is C46H61N2O10+. The highest BCUT2D eigenvalue weighted by atomic mass is 16.6. The maximum atomic E-state index is 14.6. The summed E-state index contributed by atoms with van der Waals surface area (Å²) < 4.78 is 17.5. The van der Waals surface area contributed by atoms with E-state index < -0.39 is 57.8 Å². The molecule has 1 aromatic carbocycles. The highest BCUT2D eigenvalue weighted by Crippen LogP contribution is 2.73. The van der Waals surface area contributed by atoms with Gasteiger partial charge >= 0.3 is 17.9 Å². The smallest absolute Gasteiger partial charge is 0.362 e. The molecule has 58 heavy (non-hydrogen) atoms. The summed E-state index contributed by atoms with van der Waals surface area (Å²) in [6.07, 6.45) is 6.02. The molecule has 0 radical (unpaired) electrons. The molecule has 5 aliphatic carbocycles. The predicted molar refractivity (Wildman–Crippen MR) is 208 cm³/mol. The molecule has 6 heterocycles. The van der Waals surface area contributed by atoms with E-state index in [1.807, 2.05) is 6.07 Å². The lowest BCUT2D eigenvalue weighted by molar-refractivity contribution is -1.03. The number of carbonyl (C=O) groups is 3. The van der Waals surface area contributed by atoms with Gasteiger partial charge < -0.3 is 39.5 Å². The van der Waals surface area contributed by atoms with Crippen molar-refractivity contribution in [2.75, 3.05) is 32.2 Å². The lowest BCUT2D eigenvalue weighted by Crippen LogP contribution is -2.83. The van der Waals surface area contributed by atoms with Gasteiger partial charge in [0.15, 0.2) is 12.8 Å². The monoisotopic (exact) mass is 801 g/mol. The van der Waals surface area contributed by atoms with Crippen LogP contribution in [0.15, 0.2) is 35.9 Å². The van der Waals surface area contributed by atoms with Gasteiger partial charge in [0.05, 0.1) is 47.3 Å². The Balaban J connectivity index is 0.871. The molecule has 5 saturated carbocycles. The van der Waals surface area contributed by atoms with E-state index in [-0.39, 0.29) is 96.5 Å². The van der Waals surface area contributed by atoms with Gasteiger partial charge in [0.2, 0.25) is 0 Å². The molecule has 1 aromatic rings. The number of para-hydroxylation sites is 1. The summed E-state index contributed by atoms with van der Waals surface area (Å²) in [6.45, 7) is 4.49. The van der Waals surface area contributed by atoms with Gasteiger partial charge in [-0.2, -0.15) is 0 Å². The molecule has 12 rings (SSSR count). The van der Waals surface area contributed by atoms with Gasteiger partial charge in [-0.25, -0.2) is 9.59 Å². The minimum Gasteiger partial charge on any atom is -0.468 e. The summed E-state index contributed by atoms with van der Waals surface area (Å²) in [5, 5.41) is 50.6. The fourth-order valence-corrected chi connectivity index (χ4v) is 17.9. The second-order valence-electron chi connectivity index (χ2n) is 20.9. The average Bonchev–Trinajstić information content (AvgIpc) is 3.89. The standard InChI is InChI=1S/C46H61N2O10/c1-5-26-27-19-33-38-44(31-8-6-7-9-32(31)47(38)3)21-34(37(27)39(44)51)48(33,40(26)52)22-36(50)58-25-10-16-45(41(53)56-4)29-11-14-42(2)28(24-18-35(49)57-23-24)13-17-46(42,55)30(29)12-15-43(45,54)20-25/h6-9,18,25-30,33-34,37-40,51-52,54-55H,5,10-17,19-23H2,1-4H3/q+1/t25-,26-,27-,28+,29-,30+,33-,34-,37+,38-,39-,40+,42+,43-,44-,45+,46-,48+/m0/s1.